The van der Waals surface area contributed by atoms with Crippen LogP contribution in [0.2, 0.25) is 0 Å². The Morgan fingerprint density at radius 1 is 0.397 bits per heavy atom. The number of nitrogens with one attached hydrogen (secondary N) is 1. The van der Waals surface area contributed by atoms with Crippen molar-refractivity contribution in [3.63, 3.8) is 0 Å². The minimum absolute atomic E-state index is 0.0318. The van der Waals surface area contributed by atoms with Crippen molar-refractivity contribution in [3.8, 4) is 56.3 Å². The van der Waals surface area contributed by atoms with Gasteiger partial charge >= 0.3 is 18.0 Å². The van der Waals surface area contributed by atoms with E-state index in [2.05, 4.69) is 42.1 Å². The van der Waals surface area contributed by atoms with E-state index in [1.165, 1.54) is 24.3 Å². The summed E-state index contributed by atoms with van der Waals surface area (Å²) in [7, 11) is 1.00. The highest BCUT2D eigenvalue weighted by Crippen LogP contribution is 2.47. The van der Waals surface area contributed by atoms with Crippen LogP contribution in [0.3, 0.4) is 0 Å². The van der Waals surface area contributed by atoms with Gasteiger partial charge in [0.1, 0.15) is 54.2 Å². The van der Waals surface area contributed by atoms with Gasteiger partial charge in [-0.3, -0.25) is 19.2 Å². The zero-order chi connectivity index (χ0) is 105. The number of hydrogen-bond acceptors (Lipinski definition) is 26. The molecule has 31 heteroatoms. The van der Waals surface area contributed by atoms with Crippen LogP contribution in [0.1, 0.15) is 196 Å². The van der Waals surface area contributed by atoms with Gasteiger partial charge in [0, 0.05) is 92.6 Å². The number of aliphatic hydroxyl groups excluding tert-OH is 1. The van der Waals surface area contributed by atoms with Gasteiger partial charge in [-0.1, -0.05) is 143 Å². The monoisotopic (exact) mass is 2030 g/mol. The van der Waals surface area contributed by atoms with Crippen LogP contribution in [0.5, 0.6) is 11.5 Å². The summed E-state index contributed by atoms with van der Waals surface area (Å²) >= 11 is 0. The number of carbonyl (C=O) groups is 5. The normalized spacial score (nSPS) is 15.5. The zero-order valence-electron chi connectivity index (χ0n) is 88.1. The van der Waals surface area contributed by atoms with E-state index in [1.54, 1.807) is 24.3 Å². The average Bonchev–Trinajstić information content (AvgIpc) is 1.59. The number of aliphatic hydroxyl groups is 1. The second-order valence-corrected chi connectivity index (χ2v) is 38.8. The number of amides is 1. The number of rotatable bonds is 61. The van der Waals surface area contributed by atoms with E-state index in [1.807, 2.05) is 209 Å². The van der Waals surface area contributed by atoms with Gasteiger partial charge in [0.2, 0.25) is 0 Å². The maximum absolute atomic E-state index is 15.0. The molecule has 0 spiro atoms. The lowest BCUT2D eigenvalue weighted by Crippen LogP contribution is -2.46. The summed E-state index contributed by atoms with van der Waals surface area (Å²) in [6.07, 6.45) is 0.828. The quantitative estimate of drug-likeness (QED) is 0.0138. The average molecular weight is 2030 g/mol. The number of hydrogen-bond donors (Lipinski definition) is 3. The van der Waals surface area contributed by atoms with Gasteiger partial charge in [-0.2, -0.15) is 0 Å². The fourth-order valence-electron chi connectivity index (χ4n) is 17.3. The summed E-state index contributed by atoms with van der Waals surface area (Å²) in [5, 5.41) is 9.65. The SMILES string of the molecule is CC(C)c1c(C(=O)Cc2ccc(OCCOCCOCCOCCOCCOCCN)cc2)c(-c2ccccc2)c(-c2ccc(F)cc2)n1CC[C@@H]1C[C@H](CC(=O)OC(C)(C)C)OC(C)(C)O1.CC(C)c1c(C(=O)Cc2ccc(OCCOCCOCCOCCOCCOCCNC(=O)OCc3ccccc3)cc2)c(-c2ccccc2)c(-c2ccc(F)cc2)n1CC[C@@H]1C[C@H](CC(=O)OC(C)(C)C)OC(C)(C)O1.CO. The van der Waals surface area contributed by atoms with Gasteiger partial charge < -0.3 is 115 Å². The molecule has 4 heterocycles. The molecule has 1 amide bonds. The Kier molecular flexibility index (Phi) is 51.1. The summed E-state index contributed by atoms with van der Waals surface area (Å²) in [5.41, 5.74) is 16.4. The Morgan fingerprint density at radius 2 is 0.705 bits per heavy atom. The van der Waals surface area contributed by atoms with Crippen molar-refractivity contribution in [3.05, 3.63) is 239 Å². The molecule has 11 rings (SSSR count). The third-order valence-electron chi connectivity index (χ3n) is 23.0. The topological polar surface area (TPSA) is 329 Å². The molecule has 800 valence electrons. The lowest BCUT2D eigenvalue weighted by molar-refractivity contribution is -0.301. The number of Topliss-reactive ketones (excluding diaryl/α,β-unsaturated/α-hetero) is 2. The molecule has 146 heavy (non-hydrogen) atoms. The van der Waals surface area contributed by atoms with Crippen LogP contribution in [0, 0.1) is 11.6 Å². The van der Waals surface area contributed by atoms with E-state index in [0.29, 0.717) is 220 Å². The van der Waals surface area contributed by atoms with Crippen molar-refractivity contribution in [2.45, 2.75) is 227 Å². The molecular weight excluding hydrogens is 1880 g/mol. The van der Waals surface area contributed by atoms with Gasteiger partial charge in [-0.25, -0.2) is 13.6 Å². The predicted molar refractivity (Wildman–Crippen MR) is 556 cm³/mol. The molecule has 0 bridgehead atoms. The molecule has 4 N–H and O–H groups in total. The highest BCUT2D eigenvalue weighted by Gasteiger charge is 2.41. The molecule has 0 aliphatic carbocycles. The number of ether oxygens (including phenoxy) is 19. The van der Waals surface area contributed by atoms with E-state index in [-0.39, 0.29) is 91.5 Å². The lowest BCUT2D eigenvalue weighted by Gasteiger charge is -2.41. The van der Waals surface area contributed by atoms with E-state index in [4.69, 9.17) is 101 Å². The Bertz CT molecular complexity index is 5280. The highest BCUT2D eigenvalue weighted by atomic mass is 19.1. The second kappa shape index (κ2) is 62.7. The fourth-order valence-corrected chi connectivity index (χ4v) is 17.3. The van der Waals surface area contributed by atoms with Crippen molar-refractivity contribution >= 4 is 29.6 Å². The summed E-state index contributed by atoms with van der Waals surface area (Å²) in [4.78, 5) is 67.4. The van der Waals surface area contributed by atoms with E-state index < -0.39 is 41.1 Å². The third-order valence-corrected chi connectivity index (χ3v) is 23.0. The zero-order valence-corrected chi connectivity index (χ0v) is 88.1. The van der Waals surface area contributed by atoms with Gasteiger partial charge in [0.05, 0.1) is 181 Å². The van der Waals surface area contributed by atoms with Crippen LogP contribution >= 0.6 is 0 Å². The molecule has 2 fully saturated rings. The molecule has 2 aliphatic rings. The summed E-state index contributed by atoms with van der Waals surface area (Å²) < 4.78 is 142. The van der Waals surface area contributed by atoms with Crippen molar-refractivity contribution in [1.29, 1.82) is 0 Å². The standard InChI is InChI=1S/C61H79FN2O13.C53H73FN2O11.CH4O/c1-44(2)57-56(55(47-16-12-9-13-17-47)58(48-20-22-49(62)23-21-48)64(57)28-26-51-41-52(76-61(6,7)75-51)42-54(66)77-60(3,4)5)53(65)40-45-18-24-50(25-19-45)73-39-38-72-37-36-71-35-34-70-33-32-69-31-30-68-29-27-63-59(67)74-43-46-14-10-8-11-15-46;1-38(2)50-49(46(57)35-39-13-19-43(20-14-39)64-34-33-63-32-31-62-30-29-61-28-27-60-26-25-59-24-22-55)48(40-11-9-8-10-12-40)51(41-15-17-42(54)18-16-41)56(50)23-21-44-36-45(66-53(6,7)65-44)37-47(58)67-52(3,4)5;1-2/h8-25,44,51-52H,26-43H2,1-7H3,(H,63,67);8-20,38,44-45H,21-37,55H2,1-7H3;2H,1H3/t51-,52-;44-,45-;/m11./s1. The first-order chi connectivity index (χ1) is 70.2. The minimum Gasteiger partial charge on any atom is -0.491 e. The van der Waals surface area contributed by atoms with Gasteiger partial charge in [0.25, 0.3) is 0 Å². The minimum atomic E-state index is -0.937. The van der Waals surface area contributed by atoms with Gasteiger partial charge in [-0.05, 0) is 206 Å². The number of ketones is 2. The van der Waals surface area contributed by atoms with Crippen molar-refractivity contribution < 1.29 is 128 Å². The van der Waals surface area contributed by atoms with E-state index >= 15 is 0 Å². The third kappa shape index (κ3) is 42.2. The van der Waals surface area contributed by atoms with Crippen molar-refractivity contribution in [2.75, 3.05) is 166 Å². The molecule has 2 saturated heterocycles. The Hall–Kier alpha value is -10.5. The largest absolute Gasteiger partial charge is 0.491 e. The molecule has 0 unspecified atom stereocenters. The first kappa shape index (κ1) is 119. The first-order valence-corrected chi connectivity index (χ1v) is 50.9. The molecule has 0 radical (unpaired) electrons. The Morgan fingerprint density at radius 3 is 1.03 bits per heavy atom. The number of aromatic nitrogens is 2. The molecular formula is C115H156F2N4O25. The number of esters is 2. The summed E-state index contributed by atoms with van der Waals surface area (Å²) in [6, 6.07) is 57.3. The summed E-state index contributed by atoms with van der Waals surface area (Å²) in [6.45, 7) is 38.5. The van der Waals surface area contributed by atoms with Crippen LogP contribution in [-0.2, 0) is 123 Å². The first-order valence-electron chi connectivity index (χ1n) is 50.9. The molecule has 4 atom stereocenters. The Balaban J connectivity index is 0.000000322. The predicted octanol–water partition coefficient (Wildman–Crippen LogP) is 19.5. The maximum atomic E-state index is 15.0. The van der Waals surface area contributed by atoms with Crippen LogP contribution in [0.15, 0.2) is 188 Å². The highest BCUT2D eigenvalue weighted by molar-refractivity contribution is 6.09. The van der Waals surface area contributed by atoms with E-state index in [9.17, 15) is 32.8 Å². The van der Waals surface area contributed by atoms with Gasteiger partial charge in [0.15, 0.2) is 23.1 Å². The lowest BCUT2D eigenvalue weighted by atomic mass is 9.90. The number of alkyl carbamates (subject to hydrolysis) is 1. The van der Waals surface area contributed by atoms with Crippen LogP contribution in [0.4, 0.5) is 13.6 Å². The summed E-state index contributed by atoms with van der Waals surface area (Å²) in [5.74, 6) is -2.09. The smallest absolute Gasteiger partial charge is 0.407 e. The van der Waals surface area contributed by atoms with Crippen LogP contribution in [-0.4, -0.2) is 257 Å². The molecule has 7 aromatic carbocycles. The Labute approximate surface area is 860 Å². The number of halogens is 2. The molecule has 2 aromatic heterocycles. The van der Waals surface area contributed by atoms with Gasteiger partial charge in [-0.15, -0.1) is 0 Å². The number of nitrogens with zero attached hydrogens (tertiary/aromatic N) is 2. The van der Waals surface area contributed by atoms with E-state index in [0.717, 1.165) is 80.0 Å². The van der Waals surface area contributed by atoms with Crippen molar-refractivity contribution in [1.82, 2.24) is 14.5 Å². The molecule has 2 aliphatic heterocycles. The van der Waals surface area contributed by atoms with Crippen molar-refractivity contribution in [2.24, 2.45) is 5.73 Å². The number of carbonyl (C=O) groups excluding carboxylic acids is 5. The molecule has 29 nitrogen and oxygen atoms in total. The molecule has 9 aromatic rings. The van der Waals surface area contributed by atoms with Crippen LogP contribution < -0.4 is 20.5 Å². The molecule has 0 saturated carbocycles. The maximum Gasteiger partial charge on any atom is 0.407 e. The fraction of sp³-hybridized carbons (Fsp3) is 0.522. The second-order valence-electron chi connectivity index (χ2n) is 38.8. The number of benzene rings is 7. The van der Waals surface area contributed by atoms with Crippen LogP contribution in [0.25, 0.3) is 44.8 Å². The number of nitrogens with two attached hydrogens (primary N) is 1.